The van der Waals surface area contributed by atoms with Crippen LogP contribution in [0.4, 0.5) is 15.8 Å². The van der Waals surface area contributed by atoms with E-state index in [0.29, 0.717) is 24.4 Å². The molecule has 8 heteroatoms. The molecule has 3 rings (SSSR count). The molecule has 2 aliphatic heterocycles. The van der Waals surface area contributed by atoms with E-state index in [1.165, 1.54) is 18.2 Å². The van der Waals surface area contributed by atoms with Gasteiger partial charge in [-0.05, 0) is 56.5 Å². The topological polar surface area (TPSA) is 78.5 Å². The predicted octanol–water partition coefficient (Wildman–Crippen LogP) is 1.69. The Kier molecular flexibility index (Phi) is 5.05. The third-order valence-corrected chi connectivity index (χ3v) is 6.40. The van der Waals surface area contributed by atoms with E-state index in [1.807, 2.05) is 0 Å². The largest absolute Gasteiger partial charge is 0.326 e. The van der Waals surface area contributed by atoms with Gasteiger partial charge in [-0.2, -0.15) is 0 Å². The van der Waals surface area contributed by atoms with Crippen molar-refractivity contribution in [1.29, 1.82) is 0 Å². The van der Waals surface area contributed by atoms with Gasteiger partial charge < -0.3 is 10.6 Å². The molecule has 0 bridgehead atoms. The normalized spacial score (nSPS) is 22.7. The average Bonchev–Trinajstić information content (AvgIpc) is 3.16. The number of hydrogen-bond donors (Lipinski definition) is 2. The number of carbonyl (C=O) groups is 1. The highest BCUT2D eigenvalue weighted by Gasteiger charge is 2.30. The Morgan fingerprint density at radius 2 is 2.25 bits per heavy atom. The number of sulfonamides is 1. The Morgan fingerprint density at radius 1 is 1.42 bits per heavy atom. The van der Waals surface area contributed by atoms with E-state index in [-0.39, 0.29) is 23.9 Å². The maximum Gasteiger partial charge on any atom is 0.235 e. The first-order valence-electron chi connectivity index (χ1n) is 8.26. The molecule has 0 aromatic heterocycles. The number of halogens is 1. The zero-order valence-corrected chi connectivity index (χ0v) is 14.2. The molecule has 2 heterocycles. The Morgan fingerprint density at radius 3 is 2.92 bits per heavy atom. The number of benzene rings is 1. The van der Waals surface area contributed by atoms with Crippen LogP contribution in [0.15, 0.2) is 18.2 Å². The minimum atomic E-state index is -3.46. The van der Waals surface area contributed by atoms with Crippen molar-refractivity contribution in [2.24, 2.45) is 5.92 Å². The summed E-state index contributed by atoms with van der Waals surface area (Å²) in [6, 6.07) is 4.05. The number of nitrogens with zero attached hydrogens (tertiary/aromatic N) is 1. The van der Waals surface area contributed by atoms with Crippen molar-refractivity contribution < 1.29 is 17.6 Å². The summed E-state index contributed by atoms with van der Waals surface area (Å²) in [6.45, 7) is 2.21. The van der Waals surface area contributed by atoms with E-state index in [4.69, 9.17) is 0 Å². The summed E-state index contributed by atoms with van der Waals surface area (Å²) < 4.78 is 39.0. The summed E-state index contributed by atoms with van der Waals surface area (Å²) in [4.78, 5) is 12.1. The SMILES string of the molecule is O=C(CCC1CCNC1)Nc1ccc(F)c(N2CCCS2(=O)=O)c1. The number of hydrogen-bond acceptors (Lipinski definition) is 4. The van der Waals surface area contributed by atoms with Gasteiger partial charge >= 0.3 is 0 Å². The standard InChI is InChI=1S/C16H22FN3O3S/c17-14-4-3-13(10-15(14)20-8-1-9-24(20,22)23)19-16(21)5-2-12-6-7-18-11-12/h3-4,10,12,18H,1-2,5-9,11H2,(H,19,21). The predicted molar refractivity (Wildman–Crippen MR) is 91.0 cm³/mol. The fraction of sp³-hybridized carbons (Fsp3) is 0.562. The molecule has 0 saturated carbocycles. The van der Waals surface area contributed by atoms with Crippen molar-refractivity contribution in [3.05, 3.63) is 24.0 Å². The van der Waals surface area contributed by atoms with Crippen LogP contribution in [0.25, 0.3) is 0 Å². The van der Waals surface area contributed by atoms with Crippen molar-refractivity contribution in [3.63, 3.8) is 0 Å². The van der Waals surface area contributed by atoms with E-state index in [2.05, 4.69) is 10.6 Å². The Labute approximate surface area is 141 Å². The summed E-state index contributed by atoms with van der Waals surface area (Å²) in [5, 5.41) is 6.00. The number of anilines is 2. The molecule has 0 radical (unpaired) electrons. The van der Waals surface area contributed by atoms with E-state index in [1.54, 1.807) is 0 Å². The third kappa shape index (κ3) is 3.87. The first-order valence-corrected chi connectivity index (χ1v) is 9.87. The zero-order chi connectivity index (χ0) is 17.2. The van der Waals surface area contributed by atoms with Crippen LogP contribution >= 0.6 is 0 Å². The van der Waals surface area contributed by atoms with Crippen molar-refractivity contribution in [3.8, 4) is 0 Å². The van der Waals surface area contributed by atoms with Crippen molar-refractivity contribution in [2.75, 3.05) is 35.0 Å². The molecular weight excluding hydrogens is 333 g/mol. The minimum absolute atomic E-state index is 0.00490. The van der Waals surface area contributed by atoms with Crippen molar-refractivity contribution in [1.82, 2.24) is 5.32 Å². The van der Waals surface area contributed by atoms with Gasteiger partial charge in [0.2, 0.25) is 15.9 Å². The lowest BCUT2D eigenvalue weighted by molar-refractivity contribution is -0.116. The second kappa shape index (κ2) is 7.06. The monoisotopic (exact) mass is 355 g/mol. The molecule has 2 aliphatic rings. The van der Waals surface area contributed by atoms with Crippen LogP contribution in [0.3, 0.4) is 0 Å². The minimum Gasteiger partial charge on any atom is -0.326 e. The van der Waals surface area contributed by atoms with E-state index < -0.39 is 15.8 Å². The summed E-state index contributed by atoms with van der Waals surface area (Å²) >= 11 is 0. The highest BCUT2D eigenvalue weighted by molar-refractivity contribution is 7.93. The van der Waals surface area contributed by atoms with Crippen LogP contribution in [0.2, 0.25) is 0 Å². The highest BCUT2D eigenvalue weighted by Crippen LogP contribution is 2.29. The number of nitrogens with one attached hydrogen (secondary N) is 2. The van der Waals surface area contributed by atoms with Gasteiger partial charge in [0.05, 0.1) is 11.4 Å². The highest BCUT2D eigenvalue weighted by atomic mass is 32.2. The lowest BCUT2D eigenvalue weighted by Gasteiger charge is -2.18. The van der Waals surface area contributed by atoms with Crippen LogP contribution in [0.1, 0.15) is 25.7 Å². The van der Waals surface area contributed by atoms with Gasteiger partial charge in [-0.15, -0.1) is 0 Å². The van der Waals surface area contributed by atoms with Gasteiger partial charge in [0.1, 0.15) is 5.82 Å². The van der Waals surface area contributed by atoms with Crippen LogP contribution < -0.4 is 14.9 Å². The van der Waals surface area contributed by atoms with Gasteiger partial charge in [0, 0.05) is 18.7 Å². The van der Waals surface area contributed by atoms with E-state index >= 15 is 0 Å². The zero-order valence-electron chi connectivity index (χ0n) is 13.4. The molecule has 1 amide bonds. The molecule has 0 spiro atoms. The molecule has 1 aromatic rings. The first kappa shape index (κ1) is 17.2. The molecule has 1 unspecified atom stereocenters. The summed E-state index contributed by atoms with van der Waals surface area (Å²) in [6.07, 6.45) is 2.78. The van der Waals surface area contributed by atoms with Crippen LogP contribution in [-0.2, 0) is 14.8 Å². The second-order valence-corrected chi connectivity index (χ2v) is 8.37. The third-order valence-electron chi connectivity index (χ3n) is 4.54. The Hall–Kier alpha value is -1.67. The summed E-state index contributed by atoms with van der Waals surface area (Å²) in [7, 11) is -3.46. The van der Waals surface area contributed by atoms with Crippen LogP contribution in [0.5, 0.6) is 0 Å². The quantitative estimate of drug-likeness (QED) is 0.843. The fourth-order valence-corrected chi connectivity index (χ4v) is 4.77. The summed E-state index contributed by atoms with van der Waals surface area (Å²) in [5.74, 6) is -0.188. The average molecular weight is 355 g/mol. The van der Waals surface area contributed by atoms with Gasteiger partial charge in [0.25, 0.3) is 0 Å². The molecule has 2 N–H and O–H groups in total. The van der Waals surface area contributed by atoms with Gasteiger partial charge in [-0.25, -0.2) is 12.8 Å². The van der Waals surface area contributed by atoms with Crippen molar-refractivity contribution >= 4 is 27.3 Å². The molecule has 0 aliphatic carbocycles. The molecule has 24 heavy (non-hydrogen) atoms. The fourth-order valence-electron chi connectivity index (χ4n) is 3.21. The maximum absolute atomic E-state index is 14.0. The van der Waals surface area contributed by atoms with Gasteiger partial charge in [-0.3, -0.25) is 9.10 Å². The molecule has 1 atom stereocenters. The molecule has 2 saturated heterocycles. The second-order valence-electron chi connectivity index (χ2n) is 6.35. The number of amides is 1. The molecule has 2 fully saturated rings. The van der Waals surface area contributed by atoms with Gasteiger partial charge in [-0.1, -0.05) is 0 Å². The number of carbonyl (C=O) groups excluding carboxylic acids is 1. The first-order chi connectivity index (χ1) is 11.5. The summed E-state index contributed by atoms with van der Waals surface area (Å²) in [5.41, 5.74) is 0.424. The lowest BCUT2D eigenvalue weighted by atomic mass is 10.0. The molecule has 6 nitrogen and oxygen atoms in total. The maximum atomic E-state index is 14.0. The Bertz CT molecular complexity index is 717. The Balaban J connectivity index is 1.66. The lowest BCUT2D eigenvalue weighted by Crippen LogP contribution is -2.26. The van der Waals surface area contributed by atoms with Crippen LogP contribution in [0, 0.1) is 11.7 Å². The molecule has 1 aromatic carbocycles. The van der Waals surface area contributed by atoms with E-state index in [0.717, 1.165) is 30.2 Å². The number of rotatable bonds is 5. The molecule has 132 valence electrons. The molecular formula is C16H22FN3O3S. The van der Waals surface area contributed by atoms with Crippen molar-refractivity contribution in [2.45, 2.75) is 25.7 Å². The van der Waals surface area contributed by atoms with Crippen LogP contribution in [-0.4, -0.2) is 39.7 Å². The van der Waals surface area contributed by atoms with Gasteiger partial charge in [0.15, 0.2) is 0 Å². The smallest absolute Gasteiger partial charge is 0.235 e. The van der Waals surface area contributed by atoms with E-state index in [9.17, 15) is 17.6 Å².